The van der Waals surface area contributed by atoms with Crippen LogP contribution < -0.4 is 11.1 Å². The van der Waals surface area contributed by atoms with Crippen LogP contribution in [0.2, 0.25) is 0 Å². The first-order chi connectivity index (χ1) is 9.81. The summed E-state index contributed by atoms with van der Waals surface area (Å²) in [6, 6.07) is 10.3. The van der Waals surface area contributed by atoms with E-state index in [1.54, 1.807) is 6.07 Å². The predicted molar refractivity (Wildman–Crippen MR) is 78.0 cm³/mol. The fourth-order valence-corrected chi connectivity index (χ4v) is 2.19. The van der Waals surface area contributed by atoms with Crippen LogP contribution in [0.1, 0.15) is 11.1 Å². The summed E-state index contributed by atoms with van der Waals surface area (Å²) in [5.74, 6) is 0. The molecule has 0 aromatic heterocycles. The maximum Gasteiger partial charge on any atom is 0.417 e. The van der Waals surface area contributed by atoms with Gasteiger partial charge in [-0.05, 0) is 36.4 Å². The van der Waals surface area contributed by atoms with Gasteiger partial charge in [-0.15, -0.1) is 0 Å². The average Bonchev–Trinajstić information content (AvgIpc) is 2.41. The van der Waals surface area contributed by atoms with Crippen molar-refractivity contribution in [1.82, 2.24) is 0 Å². The van der Waals surface area contributed by atoms with Gasteiger partial charge in [0, 0.05) is 10.2 Å². The Labute approximate surface area is 127 Å². The minimum absolute atomic E-state index is 0.0339. The Morgan fingerprint density at radius 3 is 2.43 bits per heavy atom. The molecule has 2 aromatic carbocycles. The molecule has 0 unspecified atom stereocenters. The highest BCUT2D eigenvalue weighted by atomic mass is 79.9. The molecule has 0 spiro atoms. The Bertz CT molecular complexity index is 720. The van der Waals surface area contributed by atoms with Crippen LogP contribution in [0.15, 0.2) is 40.9 Å². The highest BCUT2D eigenvalue weighted by Crippen LogP contribution is 2.37. The highest BCUT2D eigenvalue weighted by Gasteiger charge is 2.33. The molecule has 3 nitrogen and oxygen atoms in total. The number of nitrogens with zero attached hydrogens (tertiary/aromatic N) is 1. The molecule has 0 aliphatic carbocycles. The average molecular weight is 356 g/mol. The van der Waals surface area contributed by atoms with Crippen molar-refractivity contribution in [2.45, 2.75) is 6.18 Å². The van der Waals surface area contributed by atoms with Crippen molar-refractivity contribution in [2.24, 2.45) is 0 Å². The van der Waals surface area contributed by atoms with E-state index >= 15 is 0 Å². The fourth-order valence-electron chi connectivity index (χ4n) is 1.72. The van der Waals surface area contributed by atoms with E-state index in [1.807, 2.05) is 6.07 Å². The monoisotopic (exact) mass is 355 g/mol. The van der Waals surface area contributed by atoms with Crippen LogP contribution in [0.5, 0.6) is 0 Å². The maximum absolute atomic E-state index is 12.8. The zero-order valence-corrected chi connectivity index (χ0v) is 12.1. The lowest BCUT2D eigenvalue weighted by Crippen LogP contribution is -2.07. The maximum atomic E-state index is 12.8. The van der Waals surface area contributed by atoms with E-state index in [0.29, 0.717) is 11.3 Å². The number of hydrogen-bond donors (Lipinski definition) is 2. The van der Waals surface area contributed by atoms with Gasteiger partial charge in [0.25, 0.3) is 0 Å². The largest absolute Gasteiger partial charge is 0.417 e. The molecular weight excluding hydrogens is 347 g/mol. The SMILES string of the molecule is N#Cc1ccc(Nc2ccc(Br)c(C(F)(F)F)c2)c(N)c1. The first kappa shape index (κ1) is 15.2. The first-order valence-electron chi connectivity index (χ1n) is 5.74. The minimum Gasteiger partial charge on any atom is -0.397 e. The predicted octanol–water partition coefficient (Wildman–Crippen LogP) is 4.67. The number of rotatable bonds is 2. The molecule has 0 saturated carbocycles. The van der Waals surface area contributed by atoms with Crippen molar-refractivity contribution >= 4 is 33.0 Å². The molecule has 0 amide bonds. The van der Waals surface area contributed by atoms with Crippen LogP contribution in [-0.2, 0) is 6.18 Å². The molecule has 0 saturated heterocycles. The lowest BCUT2D eigenvalue weighted by molar-refractivity contribution is -0.138. The minimum atomic E-state index is -4.45. The molecule has 0 fully saturated rings. The van der Waals surface area contributed by atoms with Crippen LogP contribution in [0.3, 0.4) is 0 Å². The number of benzene rings is 2. The second-order valence-electron chi connectivity index (χ2n) is 4.23. The quantitative estimate of drug-likeness (QED) is 0.769. The summed E-state index contributed by atoms with van der Waals surface area (Å²) in [7, 11) is 0. The molecule has 2 aromatic rings. The van der Waals surface area contributed by atoms with Gasteiger partial charge < -0.3 is 11.1 Å². The molecule has 0 bridgehead atoms. The lowest BCUT2D eigenvalue weighted by Gasteiger charge is -2.13. The first-order valence-corrected chi connectivity index (χ1v) is 6.54. The number of nitrogen functional groups attached to an aromatic ring is 1. The van der Waals surface area contributed by atoms with Crippen LogP contribution in [0.4, 0.5) is 30.2 Å². The number of alkyl halides is 3. The van der Waals surface area contributed by atoms with Crippen LogP contribution in [-0.4, -0.2) is 0 Å². The van der Waals surface area contributed by atoms with Gasteiger partial charge in [0.1, 0.15) is 0 Å². The van der Waals surface area contributed by atoms with E-state index < -0.39 is 11.7 Å². The van der Waals surface area contributed by atoms with Gasteiger partial charge in [0.05, 0.1) is 28.6 Å². The molecule has 0 aliphatic heterocycles. The van der Waals surface area contributed by atoms with Crippen molar-refractivity contribution in [1.29, 1.82) is 5.26 Å². The van der Waals surface area contributed by atoms with Crippen molar-refractivity contribution in [2.75, 3.05) is 11.1 Å². The van der Waals surface area contributed by atoms with Crippen LogP contribution >= 0.6 is 15.9 Å². The number of hydrogen-bond acceptors (Lipinski definition) is 3. The Hall–Kier alpha value is -2.20. The smallest absolute Gasteiger partial charge is 0.397 e. The van der Waals surface area contributed by atoms with Crippen molar-refractivity contribution in [3.05, 3.63) is 52.0 Å². The van der Waals surface area contributed by atoms with E-state index in [1.165, 1.54) is 24.3 Å². The Morgan fingerprint density at radius 1 is 1.14 bits per heavy atom. The molecule has 0 heterocycles. The third kappa shape index (κ3) is 3.47. The Morgan fingerprint density at radius 2 is 1.86 bits per heavy atom. The zero-order chi connectivity index (χ0) is 15.6. The second kappa shape index (κ2) is 5.66. The molecular formula is C14H9BrF3N3. The van der Waals surface area contributed by atoms with Crippen molar-refractivity contribution in [3.8, 4) is 6.07 Å². The summed E-state index contributed by atoms with van der Waals surface area (Å²) in [5.41, 5.74) is 6.32. The Kier molecular flexibility index (Phi) is 4.09. The third-order valence-electron chi connectivity index (χ3n) is 2.73. The number of nitrogens with two attached hydrogens (primary N) is 1. The van der Waals surface area contributed by atoms with E-state index in [9.17, 15) is 13.2 Å². The molecule has 0 aliphatic rings. The lowest BCUT2D eigenvalue weighted by atomic mass is 10.1. The van der Waals surface area contributed by atoms with Gasteiger partial charge in [0.15, 0.2) is 0 Å². The summed E-state index contributed by atoms with van der Waals surface area (Å²) < 4.78 is 38.4. The van der Waals surface area contributed by atoms with Crippen molar-refractivity contribution < 1.29 is 13.2 Å². The number of nitrogens with one attached hydrogen (secondary N) is 1. The summed E-state index contributed by atoms with van der Waals surface area (Å²) in [5, 5.41) is 11.6. The number of nitriles is 1. The molecule has 21 heavy (non-hydrogen) atoms. The summed E-state index contributed by atoms with van der Waals surface area (Å²) >= 11 is 2.88. The number of halogens is 4. The van der Waals surface area contributed by atoms with E-state index in [0.717, 1.165) is 6.07 Å². The van der Waals surface area contributed by atoms with Crippen molar-refractivity contribution in [3.63, 3.8) is 0 Å². The molecule has 7 heteroatoms. The van der Waals surface area contributed by atoms with Gasteiger partial charge in [0.2, 0.25) is 0 Å². The van der Waals surface area contributed by atoms with Crippen LogP contribution in [0, 0.1) is 11.3 Å². The van der Waals surface area contributed by atoms with Gasteiger partial charge in [-0.2, -0.15) is 18.4 Å². The zero-order valence-electron chi connectivity index (χ0n) is 10.5. The molecule has 108 valence electrons. The topological polar surface area (TPSA) is 61.8 Å². The van der Waals surface area contributed by atoms with E-state index in [2.05, 4.69) is 21.2 Å². The summed E-state index contributed by atoms with van der Waals surface area (Å²) in [4.78, 5) is 0. The third-order valence-corrected chi connectivity index (χ3v) is 3.42. The Balaban J connectivity index is 2.35. The molecule has 3 N–H and O–H groups in total. The van der Waals surface area contributed by atoms with Gasteiger partial charge in [-0.3, -0.25) is 0 Å². The highest BCUT2D eigenvalue weighted by molar-refractivity contribution is 9.10. The summed E-state index contributed by atoms with van der Waals surface area (Å²) in [6.07, 6.45) is -4.45. The fraction of sp³-hybridized carbons (Fsp3) is 0.0714. The molecule has 0 radical (unpaired) electrons. The summed E-state index contributed by atoms with van der Waals surface area (Å²) in [6.45, 7) is 0. The van der Waals surface area contributed by atoms with Gasteiger partial charge in [-0.1, -0.05) is 15.9 Å². The van der Waals surface area contributed by atoms with Gasteiger partial charge in [-0.25, -0.2) is 0 Å². The standard InChI is InChI=1S/C14H9BrF3N3/c15-11-3-2-9(6-10(11)14(16,17)18)21-13-4-1-8(7-19)5-12(13)20/h1-6,21H,20H2. The van der Waals surface area contributed by atoms with Crippen LogP contribution in [0.25, 0.3) is 0 Å². The number of anilines is 3. The van der Waals surface area contributed by atoms with E-state index in [4.69, 9.17) is 11.0 Å². The second-order valence-corrected chi connectivity index (χ2v) is 5.09. The molecule has 2 rings (SSSR count). The normalized spacial score (nSPS) is 11.0. The van der Waals surface area contributed by atoms with Gasteiger partial charge >= 0.3 is 6.18 Å². The molecule has 0 atom stereocenters. The van der Waals surface area contributed by atoms with E-state index in [-0.39, 0.29) is 15.8 Å².